The highest BCUT2D eigenvalue weighted by Crippen LogP contribution is 2.31. The molecule has 1 N–H and O–H groups in total. The molecule has 1 fully saturated rings. The maximum atomic E-state index is 11.8. The standard InChI is InChI=1S/C12H11NO2S2/c1-8-2-4-9(5-3-8)6-10-11(15)13(7-14)12(16)17-10/h2-6,14H,7H2,1H3/b10-6-. The van der Waals surface area contributed by atoms with Gasteiger partial charge in [0.2, 0.25) is 0 Å². The second-order valence-corrected chi connectivity index (χ2v) is 5.34. The van der Waals surface area contributed by atoms with Crippen molar-refractivity contribution in [3.8, 4) is 0 Å². The van der Waals surface area contributed by atoms with Crippen LogP contribution in [0, 0.1) is 6.92 Å². The van der Waals surface area contributed by atoms with Gasteiger partial charge in [0.05, 0.1) is 4.91 Å². The molecule has 5 heteroatoms. The maximum Gasteiger partial charge on any atom is 0.268 e. The lowest BCUT2D eigenvalue weighted by Crippen LogP contribution is -2.28. The van der Waals surface area contributed by atoms with E-state index in [2.05, 4.69) is 0 Å². The average molecular weight is 265 g/mol. The zero-order valence-electron chi connectivity index (χ0n) is 9.21. The molecule has 1 saturated heterocycles. The normalized spacial score (nSPS) is 18.2. The van der Waals surface area contributed by atoms with Crippen LogP contribution in [0.4, 0.5) is 0 Å². The predicted octanol–water partition coefficient (Wildman–Crippen LogP) is 2.15. The third-order valence-corrected chi connectivity index (χ3v) is 3.77. The Hall–Kier alpha value is -1.17. The number of amides is 1. The lowest BCUT2D eigenvalue weighted by Gasteiger charge is -2.08. The molecule has 0 atom stereocenters. The number of hydrogen-bond acceptors (Lipinski definition) is 4. The summed E-state index contributed by atoms with van der Waals surface area (Å²) in [5, 5.41) is 9.00. The van der Waals surface area contributed by atoms with Crippen LogP contribution in [0.1, 0.15) is 11.1 Å². The van der Waals surface area contributed by atoms with Crippen molar-refractivity contribution in [2.45, 2.75) is 6.92 Å². The summed E-state index contributed by atoms with van der Waals surface area (Å²) in [5.74, 6) is -0.233. The molecule has 17 heavy (non-hydrogen) atoms. The third kappa shape index (κ3) is 2.57. The first-order valence-electron chi connectivity index (χ1n) is 5.04. The second-order valence-electron chi connectivity index (χ2n) is 3.66. The molecule has 3 nitrogen and oxygen atoms in total. The van der Waals surface area contributed by atoms with Gasteiger partial charge in [-0.2, -0.15) is 0 Å². The number of thioether (sulfide) groups is 1. The summed E-state index contributed by atoms with van der Waals surface area (Å²) >= 11 is 6.21. The number of hydrogen-bond donors (Lipinski definition) is 1. The Kier molecular flexibility index (Phi) is 3.61. The van der Waals surface area contributed by atoms with E-state index in [1.165, 1.54) is 22.2 Å². The maximum absolute atomic E-state index is 11.8. The molecule has 88 valence electrons. The molecule has 1 aromatic rings. The fourth-order valence-electron chi connectivity index (χ4n) is 1.44. The fourth-order valence-corrected chi connectivity index (χ4v) is 2.68. The van der Waals surface area contributed by atoms with Crippen molar-refractivity contribution >= 4 is 40.3 Å². The molecule has 0 spiro atoms. The van der Waals surface area contributed by atoms with Crippen molar-refractivity contribution in [3.63, 3.8) is 0 Å². The smallest absolute Gasteiger partial charge is 0.268 e. The lowest BCUT2D eigenvalue weighted by molar-refractivity contribution is -0.124. The van der Waals surface area contributed by atoms with Gasteiger partial charge >= 0.3 is 0 Å². The van der Waals surface area contributed by atoms with Gasteiger partial charge in [-0.25, -0.2) is 0 Å². The average Bonchev–Trinajstić information content (AvgIpc) is 2.57. The first-order chi connectivity index (χ1) is 8.11. The van der Waals surface area contributed by atoms with Gasteiger partial charge in [0.1, 0.15) is 11.1 Å². The Bertz CT molecular complexity index is 494. The van der Waals surface area contributed by atoms with Crippen LogP contribution in [0.25, 0.3) is 6.08 Å². The Morgan fingerprint density at radius 3 is 2.59 bits per heavy atom. The first-order valence-corrected chi connectivity index (χ1v) is 6.27. The van der Waals surface area contributed by atoms with E-state index in [0.29, 0.717) is 9.23 Å². The van der Waals surface area contributed by atoms with Crippen LogP contribution in [0.15, 0.2) is 29.2 Å². The van der Waals surface area contributed by atoms with Crippen LogP contribution in [0.2, 0.25) is 0 Å². The Labute approximate surface area is 109 Å². The number of thiocarbonyl (C=S) groups is 1. The highest BCUT2D eigenvalue weighted by atomic mass is 32.2. The van der Waals surface area contributed by atoms with Crippen molar-refractivity contribution in [1.29, 1.82) is 0 Å². The van der Waals surface area contributed by atoms with Crippen LogP contribution in [0.3, 0.4) is 0 Å². The first kappa shape index (κ1) is 12.3. The minimum absolute atomic E-state index is 0.233. The highest BCUT2D eigenvalue weighted by molar-refractivity contribution is 8.26. The van der Waals surface area contributed by atoms with Gasteiger partial charge in [-0.3, -0.25) is 9.69 Å². The van der Waals surface area contributed by atoms with Gasteiger partial charge in [-0.1, -0.05) is 53.8 Å². The summed E-state index contributed by atoms with van der Waals surface area (Å²) in [4.78, 5) is 13.5. The summed E-state index contributed by atoms with van der Waals surface area (Å²) in [7, 11) is 0. The molecule has 0 bridgehead atoms. The Morgan fingerprint density at radius 2 is 2.06 bits per heavy atom. The molecule has 0 aromatic heterocycles. The number of aliphatic hydroxyl groups excluding tert-OH is 1. The number of carbonyl (C=O) groups excluding carboxylic acids is 1. The topological polar surface area (TPSA) is 40.5 Å². The summed E-state index contributed by atoms with van der Waals surface area (Å²) < 4.78 is 0.399. The van der Waals surface area contributed by atoms with Gasteiger partial charge < -0.3 is 5.11 Å². The van der Waals surface area contributed by atoms with Crippen molar-refractivity contribution in [3.05, 3.63) is 40.3 Å². The molecule has 1 amide bonds. The number of rotatable bonds is 2. The molecule has 1 aliphatic rings. The molecule has 2 rings (SSSR count). The van der Waals surface area contributed by atoms with Crippen molar-refractivity contribution in [2.75, 3.05) is 6.73 Å². The Balaban J connectivity index is 2.27. The van der Waals surface area contributed by atoms with Gasteiger partial charge in [0.15, 0.2) is 0 Å². The minimum atomic E-state index is -0.365. The third-order valence-electron chi connectivity index (χ3n) is 2.39. The van der Waals surface area contributed by atoms with Gasteiger partial charge in [0.25, 0.3) is 5.91 Å². The molecule has 0 aliphatic carbocycles. The molecule has 1 aliphatic heterocycles. The molecule has 1 heterocycles. The number of carbonyl (C=O) groups is 1. The van der Waals surface area contributed by atoms with Gasteiger partial charge in [-0.05, 0) is 18.6 Å². The molecule has 0 unspecified atom stereocenters. The summed E-state index contributed by atoms with van der Waals surface area (Å²) in [5.41, 5.74) is 2.12. The van der Waals surface area contributed by atoms with E-state index in [1.54, 1.807) is 6.08 Å². The van der Waals surface area contributed by atoms with E-state index in [-0.39, 0.29) is 12.6 Å². The number of nitrogens with zero attached hydrogens (tertiary/aromatic N) is 1. The number of benzene rings is 1. The molecule has 0 radical (unpaired) electrons. The molecule has 0 saturated carbocycles. The van der Waals surface area contributed by atoms with Crippen LogP contribution in [-0.4, -0.2) is 27.0 Å². The fraction of sp³-hybridized carbons (Fsp3) is 0.167. The Morgan fingerprint density at radius 1 is 1.41 bits per heavy atom. The molecular weight excluding hydrogens is 254 g/mol. The number of aryl methyl sites for hydroxylation is 1. The predicted molar refractivity (Wildman–Crippen MR) is 73.3 cm³/mol. The van der Waals surface area contributed by atoms with E-state index >= 15 is 0 Å². The van der Waals surface area contributed by atoms with E-state index < -0.39 is 0 Å². The zero-order valence-corrected chi connectivity index (χ0v) is 10.8. The number of aliphatic hydroxyl groups is 1. The summed E-state index contributed by atoms with van der Waals surface area (Å²) in [6, 6.07) is 7.86. The largest absolute Gasteiger partial charge is 0.376 e. The zero-order chi connectivity index (χ0) is 12.4. The van der Waals surface area contributed by atoms with E-state index in [4.69, 9.17) is 17.3 Å². The monoisotopic (exact) mass is 265 g/mol. The lowest BCUT2D eigenvalue weighted by atomic mass is 10.1. The minimum Gasteiger partial charge on any atom is -0.376 e. The van der Waals surface area contributed by atoms with Crippen molar-refractivity contribution < 1.29 is 9.90 Å². The quantitative estimate of drug-likeness (QED) is 0.657. The van der Waals surface area contributed by atoms with Gasteiger partial charge in [-0.15, -0.1) is 0 Å². The van der Waals surface area contributed by atoms with Crippen LogP contribution in [-0.2, 0) is 4.79 Å². The van der Waals surface area contributed by atoms with E-state index in [9.17, 15) is 4.79 Å². The van der Waals surface area contributed by atoms with Crippen LogP contribution < -0.4 is 0 Å². The summed E-state index contributed by atoms with van der Waals surface area (Å²) in [6.07, 6.45) is 1.79. The van der Waals surface area contributed by atoms with E-state index in [1.807, 2.05) is 31.2 Å². The SMILES string of the molecule is Cc1ccc(/C=C2\SC(=S)N(CO)C2=O)cc1. The molecule has 1 aromatic carbocycles. The second kappa shape index (κ2) is 5.00. The van der Waals surface area contributed by atoms with Crippen molar-refractivity contribution in [2.24, 2.45) is 0 Å². The van der Waals surface area contributed by atoms with E-state index in [0.717, 1.165) is 5.56 Å². The van der Waals surface area contributed by atoms with Crippen molar-refractivity contribution in [1.82, 2.24) is 4.90 Å². The highest BCUT2D eigenvalue weighted by Gasteiger charge is 2.31. The van der Waals surface area contributed by atoms with Crippen LogP contribution >= 0.6 is 24.0 Å². The summed E-state index contributed by atoms with van der Waals surface area (Å²) in [6.45, 7) is 1.64. The van der Waals surface area contributed by atoms with Gasteiger partial charge in [0, 0.05) is 0 Å². The molecular formula is C12H11NO2S2. The van der Waals surface area contributed by atoms with Crippen LogP contribution in [0.5, 0.6) is 0 Å².